The van der Waals surface area contributed by atoms with Crippen LogP contribution in [-0.4, -0.2) is 33.4 Å². The Bertz CT molecular complexity index is 844. The number of aromatic amines is 1. The highest BCUT2D eigenvalue weighted by molar-refractivity contribution is 5.77. The molecule has 3 N–H and O–H groups in total. The van der Waals surface area contributed by atoms with Crippen LogP contribution in [-0.2, 0) is 4.79 Å². The number of rotatable bonds is 3. The van der Waals surface area contributed by atoms with E-state index in [9.17, 15) is 9.59 Å². The molecule has 1 aliphatic heterocycles. The van der Waals surface area contributed by atoms with Crippen molar-refractivity contribution in [1.82, 2.24) is 15.0 Å². The van der Waals surface area contributed by atoms with E-state index in [0.29, 0.717) is 29.7 Å². The van der Waals surface area contributed by atoms with Crippen LogP contribution in [0.25, 0.3) is 11.4 Å². The maximum Gasteiger partial charge on any atom is 0.254 e. The van der Waals surface area contributed by atoms with Gasteiger partial charge in [0.15, 0.2) is 0 Å². The van der Waals surface area contributed by atoms with E-state index in [-0.39, 0.29) is 17.4 Å². The van der Waals surface area contributed by atoms with Crippen LogP contribution in [0.3, 0.4) is 0 Å². The number of hydrogen-bond donors (Lipinski definition) is 2. The first kappa shape index (κ1) is 17.1. The zero-order valence-corrected chi connectivity index (χ0v) is 14.7. The first-order valence-corrected chi connectivity index (χ1v) is 8.46. The van der Waals surface area contributed by atoms with E-state index < -0.39 is 0 Å². The maximum atomic E-state index is 11.9. The smallest absolute Gasteiger partial charge is 0.254 e. The van der Waals surface area contributed by atoms with Crippen LogP contribution in [0.5, 0.6) is 0 Å². The summed E-state index contributed by atoms with van der Waals surface area (Å²) in [7, 11) is 0. The van der Waals surface area contributed by atoms with Crippen LogP contribution in [0, 0.1) is 19.8 Å². The second-order valence-electron chi connectivity index (χ2n) is 6.71. The molecule has 0 aromatic carbocycles. The summed E-state index contributed by atoms with van der Waals surface area (Å²) < 4.78 is 0. The molecule has 1 saturated heterocycles. The first-order chi connectivity index (χ1) is 11.9. The Morgan fingerprint density at radius 1 is 1.32 bits per heavy atom. The van der Waals surface area contributed by atoms with Crippen LogP contribution in [0.4, 0.5) is 5.82 Å². The molecule has 2 atom stereocenters. The van der Waals surface area contributed by atoms with E-state index in [1.54, 1.807) is 13.1 Å². The monoisotopic (exact) mass is 341 g/mol. The fraction of sp³-hybridized carbons (Fsp3) is 0.444. The van der Waals surface area contributed by atoms with Crippen LogP contribution in [0.15, 0.2) is 23.1 Å². The lowest BCUT2D eigenvalue weighted by Crippen LogP contribution is -2.46. The first-order valence-electron chi connectivity index (χ1n) is 8.46. The molecular formula is C18H23N5O2. The predicted molar refractivity (Wildman–Crippen MR) is 96.3 cm³/mol. The molecule has 132 valence electrons. The number of anilines is 1. The number of aryl methyl sites for hydroxylation is 1. The summed E-state index contributed by atoms with van der Waals surface area (Å²) in [5, 5.41) is 0. The summed E-state index contributed by atoms with van der Waals surface area (Å²) >= 11 is 0. The summed E-state index contributed by atoms with van der Waals surface area (Å²) in [6.45, 7) is 6.27. The third-order valence-corrected chi connectivity index (χ3v) is 4.99. The van der Waals surface area contributed by atoms with Crippen molar-refractivity contribution < 1.29 is 4.79 Å². The number of nitrogens with two attached hydrogens (primary N) is 1. The number of aromatic nitrogens is 3. The van der Waals surface area contributed by atoms with Crippen LogP contribution in [0.1, 0.15) is 31.0 Å². The summed E-state index contributed by atoms with van der Waals surface area (Å²) in [4.78, 5) is 37.3. The molecule has 0 spiro atoms. The van der Waals surface area contributed by atoms with Gasteiger partial charge in [0.05, 0.1) is 5.92 Å². The fourth-order valence-electron chi connectivity index (χ4n) is 3.14. The quantitative estimate of drug-likeness (QED) is 0.881. The van der Waals surface area contributed by atoms with Crippen molar-refractivity contribution in [3.63, 3.8) is 0 Å². The number of amides is 1. The Hall–Kier alpha value is -2.70. The molecule has 0 saturated carbocycles. The number of piperidine rings is 1. The normalized spacial score (nSPS) is 20.5. The number of hydrogen-bond acceptors (Lipinski definition) is 5. The molecule has 7 heteroatoms. The predicted octanol–water partition coefficient (Wildman–Crippen LogP) is 1.54. The molecule has 0 bridgehead atoms. The molecule has 0 unspecified atom stereocenters. The van der Waals surface area contributed by atoms with E-state index in [2.05, 4.69) is 26.8 Å². The fourth-order valence-corrected chi connectivity index (χ4v) is 3.14. The maximum absolute atomic E-state index is 11.9. The Morgan fingerprint density at radius 2 is 2.08 bits per heavy atom. The van der Waals surface area contributed by atoms with E-state index >= 15 is 0 Å². The standard InChI is InChI=1S/C18H23N5O2/c1-10-4-5-14(16(19)24)9-23(10)15-7-6-13(8-20-15)17-21-12(3)11(2)18(25)22-17/h6-8,10,14H,4-5,9H2,1-3H3,(H2,19,24)(H,21,22,25)/t10-,14+/m0/s1. The number of pyridine rings is 1. The van der Waals surface area contributed by atoms with Gasteiger partial charge in [-0.1, -0.05) is 0 Å². The number of nitrogens with one attached hydrogen (secondary N) is 1. The van der Waals surface area contributed by atoms with E-state index in [4.69, 9.17) is 5.73 Å². The van der Waals surface area contributed by atoms with Gasteiger partial charge < -0.3 is 15.6 Å². The molecular weight excluding hydrogens is 318 g/mol. The number of nitrogens with zero attached hydrogens (tertiary/aromatic N) is 3. The number of carbonyl (C=O) groups is 1. The zero-order chi connectivity index (χ0) is 18.1. The molecule has 0 aliphatic carbocycles. The van der Waals surface area contributed by atoms with Crippen molar-refractivity contribution >= 4 is 11.7 Å². The molecule has 7 nitrogen and oxygen atoms in total. The topological polar surface area (TPSA) is 105 Å². The molecule has 2 aromatic rings. The molecule has 1 fully saturated rings. The van der Waals surface area contributed by atoms with Crippen LogP contribution >= 0.6 is 0 Å². The molecule has 3 rings (SSSR count). The molecule has 25 heavy (non-hydrogen) atoms. The van der Waals surface area contributed by atoms with E-state index in [1.807, 2.05) is 19.1 Å². The minimum Gasteiger partial charge on any atom is -0.369 e. The third kappa shape index (κ3) is 3.40. The van der Waals surface area contributed by atoms with E-state index in [0.717, 1.165) is 24.2 Å². The number of H-pyrrole nitrogens is 1. The Kier molecular flexibility index (Phi) is 4.57. The third-order valence-electron chi connectivity index (χ3n) is 4.99. The lowest BCUT2D eigenvalue weighted by Gasteiger charge is -2.37. The Balaban J connectivity index is 1.87. The highest BCUT2D eigenvalue weighted by Crippen LogP contribution is 2.27. The zero-order valence-electron chi connectivity index (χ0n) is 14.7. The van der Waals surface area contributed by atoms with Gasteiger partial charge in [-0.25, -0.2) is 9.97 Å². The van der Waals surface area contributed by atoms with Gasteiger partial charge in [0.1, 0.15) is 11.6 Å². The van der Waals surface area contributed by atoms with Crippen molar-refractivity contribution in [2.24, 2.45) is 11.7 Å². The van der Waals surface area contributed by atoms with Gasteiger partial charge in [-0.05, 0) is 45.7 Å². The highest BCUT2D eigenvalue weighted by atomic mass is 16.1. The van der Waals surface area contributed by atoms with Crippen molar-refractivity contribution in [3.05, 3.63) is 39.9 Å². The number of carbonyl (C=O) groups excluding carboxylic acids is 1. The lowest BCUT2D eigenvalue weighted by molar-refractivity contribution is -0.122. The summed E-state index contributed by atoms with van der Waals surface area (Å²) in [5.74, 6) is 0.906. The van der Waals surface area contributed by atoms with Crippen molar-refractivity contribution in [3.8, 4) is 11.4 Å². The van der Waals surface area contributed by atoms with Gasteiger partial charge in [-0.15, -0.1) is 0 Å². The molecule has 3 heterocycles. The highest BCUT2D eigenvalue weighted by Gasteiger charge is 2.29. The average Bonchev–Trinajstić information content (AvgIpc) is 2.59. The molecule has 2 aromatic heterocycles. The second kappa shape index (κ2) is 6.66. The average molecular weight is 341 g/mol. The van der Waals surface area contributed by atoms with Gasteiger partial charge >= 0.3 is 0 Å². The molecule has 1 aliphatic rings. The van der Waals surface area contributed by atoms with Crippen molar-refractivity contribution in [1.29, 1.82) is 0 Å². The minimum absolute atomic E-state index is 0.138. The molecule has 0 radical (unpaired) electrons. The molecule has 1 amide bonds. The summed E-state index contributed by atoms with van der Waals surface area (Å²) in [5.41, 5.74) is 7.40. The lowest BCUT2D eigenvalue weighted by atomic mass is 9.93. The number of primary amides is 1. The van der Waals surface area contributed by atoms with E-state index in [1.165, 1.54) is 0 Å². The second-order valence-corrected chi connectivity index (χ2v) is 6.71. The van der Waals surface area contributed by atoms with Gasteiger partial charge in [0.25, 0.3) is 5.56 Å². The summed E-state index contributed by atoms with van der Waals surface area (Å²) in [6.07, 6.45) is 3.42. The Labute approximate surface area is 146 Å². The van der Waals surface area contributed by atoms with Gasteiger partial charge in [-0.2, -0.15) is 0 Å². The summed E-state index contributed by atoms with van der Waals surface area (Å²) in [6, 6.07) is 4.08. The largest absolute Gasteiger partial charge is 0.369 e. The van der Waals surface area contributed by atoms with Crippen LogP contribution < -0.4 is 16.2 Å². The van der Waals surface area contributed by atoms with Gasteiger partial charge in [0.2, 0.25) is 5.91 Å². The van der Waals surface area contributed by atoms with Gasteiger partial charge in [0, 0.05) is 35.6 Å². The Morgan fingerprint density at radius 3 is 2.68 bits per heavy atom. The van der Waals surface area contributed by atoms with Crippen molar-refractivity contribution in [2.45, 2.75) is 39.7 Å². The minimum atomic E-state index is -0.259. The van der Waals surface area contributed by atoms with Gasteiger partial charge in [-0.3, -0.25) is 9.59 Å². The SMILES string of the molecule is Cc1nc(-c2ccc(N3C[C@H](C(N)=O)CC[C@@H]3C)nc2)[nH]c(=O)c1C. The van der Waals surface area contributed by atoms with Crippen LogP contribution in [0.2, 0.25) is 0 Å². The van der Waals surface area contributed by atoms with Crippen molar-refractivity contribution in [2.75, 3.05) is 11.4 Å².